The van der Waals surface area contributed by atoms with Crippen LogP contribution in [0.4, 0.5) is 0 Å². The number of aryl methyl sites for hydroxylation is 3. The number of benzene rings is 3. The maximum atomic E-state index is 9.39. The van der Waals surface area contributed by atoms with Gasteiger partial charge in [0, 0.05) is 26.1 Å². The molecule has 0 fully saturated rings. The van der Waals surface area contributed by atoms with Crippen molar-refractivity contribution >= 4 is 10.8 Å². The molecule has 1 unspecified atom stereocenters. The molecule has 0 bridgehead atoms. The van der Waals surface area contributed by atoms with Gasteiger partial charge in [-0.15, -0.1) is 0 Å². The first-order valence-electron chi connectivity index (χ1n) is 12.2. The summed E-state index contributed by atoms with van der Waals surface area (Å²) in [5.74, 6) is 0.524. The van der Waals surface area contributed by atoms with Crippen molar-refractivity contribution in [1.82, 2.24) is 4.90 Å². The Morgan fingerprint density at radius 2 is 1.63 bits per heavy atom. The molecule has 0 aliphatic heterocycles. The molecule has 0 saturated carbocycles. The van der Waals surface area contributed by atoms with Crippen LogP contribution in [0.1, 0.15) is 60.4 Å². The van der Waals surface area contributed by atoms with Crippen molar-refractivity contribution < 1.29 is 8.85 Å². The van der Waals surface area contributed by atoms with E-state index in [-0.39, 0.29) is 6.04 Å². The zero-order valence-electron chi connectivity index (χ0n) is 22.6. The summed E-state index contributed by atoms with van der Waals surface area (Å²) in [6.45, 7) is 13.6. The lowest BCUT2D eigenvalue weighted by Gasteiger charge is -2.44. The lowest BCUT2D eigenvalue weighted by Crippen LogP contribution is -2.47. The molecule has 0 aliphatic rings. The van der Waals surface area contributed by atoms with Crippen molar-refractivity contribution in [3.8, 4) is 5.75 Å². The predicted octanol–water partition coefficient (Wildman–Crippen LogP) is 7.18. The highest BCUT2D eigenvalue weighted by atomic mass is 16.5. The summed E-state index contributed by atoms with van der Waals surface area (Å²) in [5, 5.41) is 1.91. The zero-order chi connectivity index (χ0) is 24.8. The normalized spacial score (nSPS) is 17.9. The molecular weight excluding hydrogens is 366 g/mol. The van der Waals surface area contributed by atoms with Crippen LogP contribution < -0.4 is 4.74 Å². The van der Waals surface area contributed by atoms with E-state index in [1.165, 1.54) is 12.5 Å². The van der Waals surface area contributed by atoms with Crippen LogP contribution in [0.15, 0.2) is 54.6 Å². The van der Waals surface area contributed by atoms with Gasteiger partial charge in [0.25, 0.3) is 0 Å². The second-order valence-corrected chi connectivity index (χ2v) is 8.79. The van der Waals surface area contributed by atoms with Gasteiger partial charge in [-0.2, -0.15) is 0 Å². The topological polar surface area (TPSA) is 12.5 Å². The average molecular weight is 407 g/mol. The van der Waals surface area contributed by atoms with Crippen LogP contribution in [0.3, 0.4) is 0 Å². The molecule has 0 spiro atoms. The fourth-order valence-corrected chi connectivity index (χ4v) is 4.12. The van der Waals surface area contributed by atoms with Crippen molar-refractivity contribution in [2.24, 2.45) is 0 Å². The van der Waals surface area contributed by atoms with Gasteiger partial charge in [0.1, 0.15) is 5.75 Å². The fourth-order valence-electron chi connectivity index (χ4n) is 4.12. The molecule has 0 aromatic heterocycles. The third-order valence-corrected chi connectivity index (χ3v) is 6.29. The van der Waals surface area contributed by atoms with Crippen LogP contribution in [0, 0.1) is 20.8 Å². The third kappa shape index (κ3) is 4.39. The molecule has 2 heteroatoms. The largest absolute Gasteiger partial charge is 0.490 e. The standard InChI is InChI=1S/C28H37NO/c1-19(2)29(8)28(7,26-14-10-9-12-20(26)3)18-23(6)30-27-15-11-13-24-16-21(4)22(5)17-25(24)27/h9-17,19,23H,18H2,1-8H3/t23?,28-/m0/s1/i18D2,23D. The second kappa shape index (κ2) is 8.81. The van der Waals surface area contributed by atoms with Gasteiger partial charge in [0.15, 0.2) is 0 Å². The van der Waals surface area contributed by atoms with E-state index in [4.69, 9.17) is 4.74 Å². The van der Waals surface area contributed by atoms with Crippen LogP contribution in [0.25, 0.3) is 10.8 Å². The van der Waals surface area contributed by atoms with E-state index in [0.717, 1.165) is 27.5 Å². The molecule has 0 heterocycles. The number of ether oxygens (including phenoxy) is 1. The van der Waals surface area contributed by atoms with Crippen LogP contribution >= 0.6 is 0 Å². The molecule has 3 aromatic rings. The highest BCUT2D eigenvalue weighted by Gasteiger charge is 2.36. The van der Waals surface area contributed by atoms with Crippen LogP contribution in [-0.2, 0) is 5.54 Å². The van der Waals surface area contributed by atoms with E-state index in [0.29, 0.717) is 5.75 Å². The zero-order valence-corrected chi connectivity index (χ0v) is 19.6. The van der Waals surface area contributed by atoms with E-state index in [9.17, 15) is 4.11 Å². The van der Waals surface area contributed by atoms with Gasteiger partial charge in [-0.25, -0.2) is 0 Å². The molecule has 0 saturated heterocycles. The molecular formula is C28H37NO. The third-order valence-electron chi connectivity index (χ3n) is 6.29. The fraction of sp³-hybridized carbons (Fsp3) is 0.429. The number of nitrogens with zero attached hydrogens (tertiary/aromatic N) is 1. The Labute approximate surface area is 187 Å². The molecule has 0 N–H and O–H groups in total. The van der Waals surface area contributed by atoms with Gasteiger partial charge in [-0.05, 0) is 95.3 Å². The summed E-state index contributed by atoms with van der Waals surface area (Å²) < 4.78 is 34.3. The Morgan fingerprint density at radius 1 is 0.967 bits per heavy atom. The van der Waals surface area contributed by atoms with E-state index in [2.05, 4.69) is 26.0 Å². The van der Waals surface area contributed by atoms with Gasteiger partial charge >= 0.3 is 0 Å². The van der Waals surface area contributed by atoms with E-state index < -0.39 is 18.0 Å². The first-order valence-corrected chi connectivity index (χ1v) is 10.7. The number of hydrogen-bond acceptors (Lipinski definition) is 2. The Hall–Kier alpha value is -2.32. The first-order chi connectivity index (χ1) is 15.2. The number of fused-ring (bicyclic) bond motifs is 1. The molecule has 2 nitrogen and oxygen atoms in total. The van der Waals surface area contributed by atoms with Crippen molar-refractivity contribution in [3.63, 3.8) is 0 Å². The Bertz CT molecular complexity index is 1160. The van der Waals surface area contributed by atoms with Crippen LogP contribution in [0.5, 0.6) is 5.75 Å². The monoisotopic (exact) mass is 406 g/mol. The minimum absolute atomic E-state index is 0.0589. The summed E-state index contributed by atoms with van der Waals surface area (Å²) >= 11 is 0. The summed E-state index contributed by atoms with van der Waals surface area (Å²) in [6.07, 6.45) is -3.95. The molecule has 0 aliphatic carbocycles. The maximum Gasteiger partial charge on any atom is 0.127 e. The number of rotatable bonds is 7. The SMILES string of the molecule is [2H]C(C)(Oc1cccc2cc(C)c(C)cc12)C([2H])([2H])[C@@](C)(c1ccccc1C)N(C)C(C)C. The summed E-state index contributed by atoms with van der Waals surface area (Å²) in [6, 6.07) is 17.8. The summed E-state index contributed by atoms with van der Waals surface area (Å²) in [7, 11) is 1.93. The Balaban J connectivity index is 2.17. The number of hydrogen-bond donors (Lipinski definition) is 0. The van der Waals surface area contributed by atoms with Gasteiger partial charge in [0.05, 0.1) is 7.45 Å². The van der Waals surface area contributed by atoms with E-state index in [1.54, 1.807) is 0 Å². The lowest BCUT2D eigenvalue weighted by molar-refractivity contribution is 0.0513. The molecule has 2 atom stereocenters. The molecule has 0 amide bonds. The maximum absolute atomic E-state index is 9.39. The average Bonchev–Trinajstić information content (AvgIpc) is 2.73. The molecule has 160 valence electrons. The second-order valence-electron chi connectivity index (χ2n) is 8.79. The Morgan fingerprint density at radius 3 is 2.30 bits per heavy atom. The van der Waals surface area contributed by atoms with Gasteiger partial charge in [-0.3, -0.25) is 4.90 Å². The quantitative estimate of drug-likeness (QED) is 0.412. The minimum atomic E-state index is -2.08. The van der Waals surface area contributed by atoms with Gasteiger partial charge < -0.3 is 4.74 Å². The smallest absolute Gasteiger partial charge is 0.127 e. The van der Waals surface area contributed by atoms with Crippen molar-refractivity contribution in [3.05, 3.63) is 76.9 Å². The highest BCUT2D eigenvalue weighted by Crippen LogP contribution is 2.37. The molecule has 3 rings (SSSR count). The van der Waals surface area contributed by atoms with E-state index >= 15 is 0 Å². The van der Waals surface area contributed by atoms with Crippen LogP contribution in [-0.4, -0.2) is 24.1 Å². The van der Waals surface area contributed by atoms with Crippen molar-refractivity contribution in [2.45, 2.75) is 72.5 Å². The first kappa shape index (κ1) is 18.4. The molecule has 3 aromatic carbocycles. The highest BCUT2D eigenvalue weighted by molar-refractivity contribution is 5.89. The summed E-state index contributed by atoms with van der Waals surface area (Å²) in [4.78, 5) is 2.02. The lowest BCUT2D eigenvalue weighted by atomic mass is 9.82. The van der Waals surface area contributed by atoms with Crippen LogP contribution in [0.2, 0.25) is 0 Å². The summed E-state index contributed by atoms with van der Waals surface area (Å²) in [5.41, 5.74) is 3.06. The van der Waals surface area contributed by atoms with Crippen molar-refractivity contribution in [2.75, 3.05) is 7.05 Å². The molecule has 0 radical (unpaired) electrons. The predicted molar refractivity (Wildman–Crippen MR) is 130 cm³/mol. The molecule has 30 heavy (non-hydrogen) atoms. The Kier molecular flexibility index (Phi) is 5.42. The van der Waals surface area contributed by atoms with E-state index in [1.807, 2.05) is 82.1 Å². The minimum Gasteiger partial charge on any atom is -0.490 e. The van der Waals surface area contributed by atoms with Crippen molar-refractivity contribution in [1.29, 1.82) is 0 Å². The van der Waals surface area contributed by atoms with Gasteiger partial charge in [-0.1, -0.05) is 42.5 Å². The van der Waals surface area contributed by atoms with Gasteiger partial charge in [0.2, 0.25) is 0 Å².